The first-order chi connectivity index (χ1) is 6.27. The predicted octanol–water partition coefficient (Wildman–Crippen LogP) is 1.70. The normalized spacial score (nSPS) is 15.6. The number of hydrogen-bond acceptors (Lipinski definition) is 3. The molecule has 2 N–H and O–H groups in total. The minimum absolute atomic E-state index is 0.153. The fourth-order valence-electron chi connectivity index (χ4n) is 1.27. The van der Waals surface area contributed by atoms with Crippen molar-refractivity contribution in [1.29, 1.82) is 0 Å². The van der Waals surface area contributed by atoms with E-state index in [0.717, 1.165) is 12.2 Å². The summed E-state index contributed by atoms with van der Waals surface area (Å²) in [5.41, 5.74) is 0. The average Bonchev–Trinajstić information content (AvgIpc) is 2.66. The van der Waals surface area contributed by atoms with E-state index in [1.807, 2.05) is 26.0 Å². The van der Waals surface area contributed by atoms with E-state index in [1.54, 1.807) is 6.26 Å². The molecule has 0 bridgehead atoms. The molecule has 1 aromatic rings. The van der Waals surface area contributed by atoms with Crippen LogP contribution in [0, 0.1) is 0 Å². The Morgan fingerprint density at radius 2 is 2.38 bits per heavy atom. The fraction of sp³-hybridized carbons (Fsp3) is 0.600. The number of aliphatic hydroxyl groups excluding tert-OH is 1. The van der Waals surface area contributed by atoms with E-state index in [9.17, 15) is 0 Å². The summed E-state index contributed by atoms with van der Waals surface area (Å²) in [4.78, 5) is 0. The highest BCUT2D eigenvalue weighted by molar-refractivity contribution is 5.03. The first-order valence-corrected chi connectivity index (χ1v) is 4.68. The molecule has 0 aliphatic rings. The lowest BCUT2D eigenvalue weighted by atomic mass is 10.2. The zero-order valence-electron chi connectivity index (χ0n) is 8.16. The molecule has 3 heteroatoms. The van der Waals surface area contributed by atoms with Crippen molar-refractivity contribution in [3.05, 3.63) is 24.2 Å². The van der Waals surface area contributed by atoms with Crippen molar-refractivity contribution in [2.24, 2.45) is 0 Å². The van der Waals surface area contributed by atoms with Crippen LogP contribution in [0.2, 0.25) is 0 Å². The predicted molar refractivity (Wildman–Crippen MR) is 51.4 cm³/mol. The third-order valence-corrected chi connectivity index (χ3v) is 2.17. The van der Waals surface area contributed by atoms with Gasteiger partial charge >= 0.3 is 0 Å². The summed E-state index contributed by atoms with van der Waals surface area (Å²) in [7, 11) is 0. The lowest BCUT2D eigenvalue weighted by molar-refractivity contribution is 0.225. The first kappa shape index (κ1) is 10.3. The van der Waals surface area contributed by atoms with Gasteiger partial charge < -0.3 is 14.8 Å². The van der Waals surface area contributed by atoms with Crippen LogP contribution in [-0.4, -0.2) is 17.8 Å². The van der Waals surface area contributed by atoms with Crippen LogP contribution in [0.4, 0.5) is 0 Å². The van der Waals surface area contributed by atoms with Gasteiger partial charge in [0, 0.05) is 6.04 Å². The molecule has 0 saturated heterocycles. The Balaban J connectivity index is 2.45. The van der Waals surface area contributed by atoms with Gasteiger partial charge in [0.05, 0.1) is 18.9 Å². The maximum Gasteiger partial charge on any atom is 0.120 e. The Kier molecular flexibility index (Phi) is 3.99. The van der Waals surface area contributed by atoms with Crippen LogP contribution in [-0.2, 0) is 0 Å². The van der Waals surface area contributed by atoms with Gasteiger partial charge in [-0.1, -0.05) is 6.92 Å². The molecule has 1 heterocycles. The molecule has 0 radical (unpaired) electrons. The van der Waals surface area contributed by atoms with Gasteiger partial charge in [0.15, 0.2) is 0 Å². The number of furan rings is 1. The summed E-state index contributed by atoms with van der Waals surface area (Å²) < 4.78 is 5.24. The van der Waals surface area contributed by atoms with Crippen molar-refractivity contribution < 1.29 is 9.52 Å². The lowest BCUT2D eigenvalue weighted by Crippen LogP contribution is -2.33. The van der Waals surface area contributed by atoms with Crippen molar-refractivity contribution in [1.82, 2.24) is 5.32 Å². The van der Waals surface area contributed by atoms with Crippen LogP contribution in [0.5, 0.6) is 0 Å². The van der Waals surface area contributed by atoms with Gasteiger partial charge in [0.2, 0.25) is 0 Å². The zero-order valence-corrected chi connectivity index (χ0v) is 8.16. The molecule has 0 amide bonds. The van der Waals surface area contributed by atoms with Crippen molar-refractivity contribution in [3.8, 4) is 0 Å². The van der Waals surface area contributed by atoms with Crippen molar-refractivity contribution in [2.45, 2.75) is 32.4 Å². The van der Waals surface area contributed by atoms with E-state index in [0.29, 0.717) is 0 Å². The van der Waals surface area contributed by atoms with E-state index in [1.165, 1.54) is 0 Å². The fourth-order valence-corrected chi connectivity index (χ4v) is 1.27. The van der Waals surface area contributed by atoms with E-state index in [4.69, 9.17) is 9.52 Å². The Bertz CT molecular complexity index is 217. The van der Waals surface area contributed by atoms with Gasteiger partial charge in [-0.2, -0.15) is 0 Å². The third kappa shape index (κ3) is 2.86. The van der Waals surface area contributed by atoms with Crippen LogP contribution in [0.3, 0.4) is 0 Å². The van der Waals surface area contributed by atoms with Crippen molar-refractivity contribution in [3.63, 3.8) is 0 Å². The summed E-state index contributed by atoms with van der Waals surface area (Å²) in [6.07, 6.45) is 2.58. The highest BCUT2D eigenvalue weighted by Gasteiger charge is 2.12. The molecule has 0 saturated carbocycles. The van der Waals surface area contributed by atoms with E-state index < -0.39 is 0 Å². The monoisotopic (exact) mass is 183 g/mol. The number of hydrogen-bond donors (Lipinski definition) is 2. The Hall–Kier alpha value is -0.800. The summed E-state index contributed by atoms with van der Waals surface area (Å²) in [6.45, 7) is 4.24. The van der Waals surface area contributed by atoms with Crippen LogP contribution >= 0.6 is 0 Å². The molecule has 0 spiro atoms. The van der Waals surface area contributed by atoms with Gasteiger partial charge in [-0.15, -0.1) is 0 Å². The summed E-state index contributed by atoms with van der Waals surface area (Å²) in [5.74, 6) is 0.909. The summed E-state index contributed by atoms with van der Waals surface area (Å²) in [6, 6.07) is 4.11. The van der Waals surface area contributed by atoms with Crippen LogP contribution in [0.25, 0.3) is 0 Å². The minimum atomic E-state index is 0.153. The highest BCUT2D eigenvalue weighted by atomic mass is 16.3. The lowest BCUT2D eigenvalue weighted by Gasteiger charge is -2.18. The summed E-state index contributed by atoms with van der Waals surface area (Å²) in [5, 5.41) is 12.3. The molecule has 0 aliphatic heterocycles. The van der Waals surface area contributed by atoms with Crippen molar-refractivity contribution >= 4 is 0 Å². The molecule has 74 valence electrons. The second-order valence-electron chi connectivity index (χ2n) is 3.19. The maximum atomic E-state index is 8.98. The third-order valence-electron chi connectivity index (χ3n) is 2.17. The molecule has 0 aliphatic carbocycles. The van der Waals surface area contributed by atoms with Crippen molar-refractivity contribution in [2.75, 3.05) is 6.61 Å². The standard InChI is InChI=1S/C10H17NO2/c1-3-9(7-12)11-8(2)10-5-4-6-13-10/h4-6,8-9,11-12H,3,7H2,1-2H3/t8-,9-/m0/s1. The van der Waals surface area contributed by atoms with E-state index >= 15 is 0 Å². The largest absolute Gasteiger partial charge is 0.468 e. The molecule has 13 heavy (non-hydrogen) atoms. The molecule has 2 atom stereocenters. The first-order valence-electron chi connectivity index (χ1n) is 4.68. The van der Waals surface area contributed by atoms with E-state index in [-0.39, 0.29) is 18.7 Å². The molecule has 0 unspecified atom stereocenters. The molecule has 0 fully saturated rings. The molecule has 0 aromatic carbocycles. The molecular formula is C10H17NO2. The molecule has 3 nitrogen and oxygen atoms in total. The van der Waals surface area contributed by atoms with Crippen LogP contribution in [0.1, 0.15) is 32.1 Å². The Morgan fingerprint density at radius 3 is 2.85 bits per heavy atom. The van der Waals surface area contributed by atoms with Crippen LogP contribution < -0.4 is 5.32 Å². The van der Waals surface area contributed by atoms with E-state index in [2.05, 4.69) is 5.32 Å². The second-order valence-corrected chi connectivity index (χ2v) is 3.19. The van der Waals surface area contributed by atoms with Gasteiger partial charge in [-0.3, -0.25) is 0 Å². The SMILES string of the molecule is CC[C@@H](CO)N[C@@H](C)c1ccco1. The van der Waals surface area contributed by atoms with Gasteiger partial charge in [0.25, 0.3) is 0 Å². The number of rotatable bonds is 5. The Morgan fingerprint density at radius 1 is 1.62 bits per heavy atom. The average molecular weight is 183 g/mol. The van der Waals surface area contributed by atoms with Crippen LogP contribution in [0.15, 0.2) is 22.8 Å². The minimum Gasteiger partial charge on any atom is -0.468 e. The summed E-state index contributed by atoms with van der Waals surface area (Å²) >= 11 is 0. The van der Waals surface area contributed by atoms with Gasteiger partial charge in [0.1, 0.15) is 5.76 Å². The zero-order chi connectivity index (χ0) is 9.68. The van der Waals surface area contributed by atoms with Gasteiger partial charge in [-0.05, 0) is 25.5 Å². The highest BCUT2D eigenvalue weighted by Crippen LogP contribution is 2.13. The topological polar surface area (TPSA) is 45.4 Å². The second kappa shape index (κ2) is 5.04. The number of aliphatic hydroxyl groups is 1. The molecule has 1 rings (SSSR count). The molecular weight excluding hydrogens is 166 g/mol. The number of nitrogens with one attached hydrogen (secondary N) is 1. The maximum absolute atomic E-state index is 8.98. The smallest absolute Gasteiger partial charge is 0.120 e. The Labute approximate surface area is 78.8 Å². The molecule has 1 aromatic heterocycles. The van der Waals surface area contributed by atoms with Gasteiger partial charge in [-0.25, -0.2) is 0 Å². The quantitative estimate of drug-likeness (QED) is 0.730.